The molecule has 0 atom stereocenters. The molecule has 6 nitrogen and oxygen atoms in total. The van der Waals surface area contributed by atoms with Crippen molar-refractivity contribution in [1.29, 1.82) is 0 Å². The van der Waals surface area contributed by atoms with E-state index in [0.29, 0.717) is 31.2 Å². The molecule has 4 N–H and O–H groups in total. The fraction of sp³-hybridized carbons (Fsp3) is 0.733. The Hall–Kier alpha value is -1.40. The molecule has 1 amide bonds. The number of rotatable bonds is 6. The van der Waals surface area contributed by atoms with Gasteiger partial charge in [-0.25, -0.2) is 4.98 Å². The second kappa shape index (κ2) is 7.04. The lowest BCUT2D eigenvalue weighted by Crippen LogP contribution is -2.45. The summed E-state index contributed by atoms with van der Waals surface area (Å²) in [5, 5.41) is 13.3. The van der Waals surface area contributed by atoms with Crippen molar-refractivity contribution in [2.24, 2.45) is 11.7 Å². The van der Waals surface area contributed by atoms with Crippen molar-refractivity contribution in [3.63, 3.8) is 0 Å². The normalized spacial score (nSPS) is 25.8. The van der Waals surface area contributed by atoms with Crippen molar-refractivity contribution in [2.45, 2.75) is 51.2 Å². The van der Waals surface area contributed by atoms with Gasteiger partial charge < -0.3 is 20.7 Å². The Morgan fingerprint density at radius 1 is 1.57 bits per heavy atom. The van der Waals surface area contributed by atoms with Crippen LogP contribution in [0.15, 0.2) is 12.5 Å². The first-order chi connectivity index (χ1) is 10.1. The Balaban J connectivity index is 1.83. The standard InChI is InChI=1S/C15H26N4O2/c1-2-12-3-5-15(21,6-4-12)10-17-14(20)13-9-19(8-7-16)11-18-13/h9,11-12,21H,2-8,10,16H2,1H3,(H,17,20). The van der Waals surface area contributed by atoms with Crippen molar-refractivity contribution in [1.82, 2.24) is 14.9 Å². The van der Waals surface area contributed by atoms with Gasteiger partial charge in [0.25, 0.3) is 5.91 Å². The molecule has 1 aliphatic rings. The van der Waals surface area contributed by atoms with Crippen LogP contribution in [0.3, 0.4) is 0 Å². The van der Waals surface area contributed by atoms with E-state index in [4.69, 9.17) is 5.73 Å². The van der Waals surface area contributed by atoms with Gasteiger partial charge >= 0.3 is 0 Å². The number of carbonyl (C=O) groups excluding carboxylic acids is 1. The van der Waals surface area contributed by atoms with Gasteiger partial charge in [0.1, 0.15) is 5.69 Å². The molecule has 0 aliphatic heterocycles. The van der Waals surface area contributed by atoms with Crippen LogP contribution < -0.4 is 11.1 Å². The maximum atomic E-state index is 12.0. The molecule has 1 aromatic rings. The summed E-state index contributed by atoms with van der Waals surface area (Å²) in [5.74, 6) is 0.477. The summed E-state index contributed by atoms with van der Waals surface area (Å²) in [7, 11) is 0. The first kappa shape index (κ1) is 16.0. The van der Waals surface area contributed by atoms with E-state index in [1.165, 1.54) is 6.42 Å². The highest BCUT2D eigenvalue weighted by molar-refractivity contribution is 5.92. The van der Waals surface area contributed by atoms with E-state index < -0.39 is 5.60 Å². The summed E-state index contributed by atoms with van der Waals surface area (Å²) in [6.07, 6.45) is 8.03. The highest BCUT2D eigenvalue weighted by Crippen LogP contribution is 2.33. The maximum absolute atomic E-state index is 12.0. The molecular weight excluding hydrogens is 268 g/mol. The number of nitrogens with one attached hydrogen (secondary N) is 1. The molecule has 6 heteroatoms. The molecule has 1 saturated carbocycles. The van der Waals surface area contributed by atoms with Crippen LogP contribution >= 0.6 is 0 Å². The lowest BCUT2D eigenvalue weighted by Gasteiger charge is -2.35. The number of hydrogen-bond acceptors (Lipinski definition) is 4. The molecule has 1 fully saturated rings. The molecule has 1 aromatic heterocycles. The predicted molar refractivity (Wildman–Crippen MR) is 80.8 cm³/mol. The number of aliphatic hydroxyl groups is 1. The molecule has 0 aromatic carbocycles. The summed E-state index contributed by atoms with van der Waals surface area (Å²) >= 11 is 0. The van der Waals surface area contributed by atoms with Gasteiger partial charge in [0, 0.05) is 25.8 Å². The third-order valence-electron chi connectivity index (χ3n) is 4.44. The van der Waals surface area contributed by atoms with Gasteiger partial charge in [-0.1, -0.05) is 13.3 Å². The molecule has 1 aliphatic carbocycles. The highest BCUT2D eigenvalue weighted by atomic mass is 16.3. The number of aromatic nitrogens is 2. The van der Waals surface area contributed by atoms with Gasteiger partial charge in [0.05, 0.1) is 11.9 Å². The fourth-order valence-corrected chi connectivity index (χ4v) is 2.88. The topological polar surface area (TPSA) is 93.2 Å². The second-order valence-corrected chi connectivity index (χ2v) is 6.04. The Morgan fingerprint density at radius 2 is 2.29 bits per heavy atom. The SMILES string of the molecule is CCC1CCC(O)(CNC(=O)c2cn(CCN)cn2)CC1. The predicted octanol–water partition coefficient (Wildman–Crippen LogP) is 0.903. The van der Waals surface area contributed by atoms with Gasteiger partial charge in [-0.3, -0.25) is 4.79 Å². The van der Waals surface area contributed by atoms with E-state index in [1.54, 1.807) is 17.1 Å². The Kier molecular flexibility index (Phi) is 5.36. The van der Waals surface area contributed by atoms with Crippen LogP contribution in [0, 0.1) is 5.92 Å². The van der Waals surface area contributed by atoms with Crippen molar-refractivity contribution in [2.75, 3.05) is 13.1 Å². The minimum Gasteiger partial charge on any atom is -0.388 e. The molecular formula is C15H26N4O2. The summed E-state index contributed by atoms with van der Waals surface area (Å²) < 4.78 is 1.79. The first-order valence-electron chi connectivity index (χ1n) is 7.79. The molecule has 0 radical (unpaired) electrons. The van der Waals surface area contributed by atoms with Gasteiger partial charge in [0.2, 0.25) is 0 Å². The van der Waals surface area contributed by atoms with Crippen molar-refractivity contribution < 1.29 is 9.90 Å². The van der Waals surface area contributed by atoms with E-state index in [2.05, 4.69) is 17.2 Å². The molecule has 0 bridgehead atoms. The summed E-state index contributed by atoms with van der Waals surface area (Å²) in [6, 6.07) is 0. The van der Waals surface area contributed by atoms with Crippen LogP contribution in [0.4, 0.5) is 0 Å². The Morgan fingerprint density at radius 3 is 2.90 bits per heavy atom. The monoisotopic (exact) mass is 294 g/mol. The van der Waals surface area contributed by atoms with Crippen LogP contribution in [-0.2, 0) is 6.54 Å². The number of nitrogens with two attached hydrogens (primary N) is 1. The van der Waals surface area contributed by atoms with Crippen molar-refractivity contribution in [3.8, 4) is 0 Å². The fourth-order valence-electron chi connectivity index (χ4n) is 2.88. The number of carbonyl (C=O) groups is 1. The molecule has 0 spiro atoms. The van der Waals surface area contributed by atoms with Crippen LogP contribution in [0.1, 0.15) is 49.5 Å². The maximum Gasteiger partial charge on any atom is 0.271 e. The molecule has 0 saturated heterocycles. The van der Waals surface area contributed by atoms with Gasteiger partial charge in [-0.2, -0.15) is 0 Å². The van der Waals surface area contributed by atoms with E-state index in [1.807, 2.05) is 0 Å². The zero-order valence-corrected chi connectivity index (χ0v) is 12.7. The van der Waals surface area contributed by atoms with Gasteiger partial charge in [-0.15, -0.1) is 0 Å². The van der Waals surface area contributed by atoms with Crippen LogP contribution in [-0.4, -0.2) is 39.3 Å². The number of hydrogen-bond donors (Lipinski definition) is 3. The van der Waals surface area contributed by atoms with E-state index in [-0.39, 0.29) is 5.91 Å². The Labute approximate surface area is 125 Å². The summed E-state index contributed by atoms with van der Waals surface area (Å²) in [5.41, 5.74) is 5.07. The lowest BCUT2D eigenvalue weighted by atomic mass is 9.78. The van der Waals surface area contributed by atoms with Crippen LogP contribution in [0.25, 0.3) is 0 Å². The number of imidazole rings is 1. The lowest BCUT2D eigenvalue weighted by molar-refractivity contribution is -0.00789. The summed E-state index contributed by atoms with van der Waals surface area (Å²) in [4.78, 5) is 16.1. The van der Waals surface area contributed by atoms with E-state index in [0.717, 1.165) is 25.7 Å². The quantitative estimate of drug-likeness (QED) is 0.727. The van der Waals surface area contributed by atoms with E-state index >= 15 is 0 Å². The van der Waals surface area contributed by atoms with E-state index in [9.17, 15) is 9.90 Å². The molecule has 0 unspecified atom stereocenters. The second-order valence-electron chi connectivity index (χ2n) is 6.04. The van der Waals surface area contributed by atoms with Crippen LogP contribution in [0.2, 0.25) is 0 Å². The smallest absolute Gasteiger partial charge is 0.271 e. The van der Waals surface area contributed by atoms with Crippen molar-refractivity contribution in [3.05, 3.63) is 18.2 Å². The van der Waals surface area contributed by atoms with Crippen LogP contribution in [0.5, 0.6) is 0 Å². The zero-order chi connectivity index (χ0) is 15.3. The highest BCUT2D eigenvalue weighted by Gasteiger charge is 2.33. The first-order valence-corrected chi connectivity index (χ1v) is 7.79. The molecule has 1 heterocycles. The van der Waals surface area contributed by atoms with Crippen molar-refractivity contribution >= 4 is 5.91 Å². The minimum absolute atomic E-state index is 0.239. The third-order valence-corrected chi connectivity index (χ3v) is 4.44. The van der Waals surface area contributed by atoms with Gasteiger partial charge in [0.15, 0.2) is 0 Å². The average molecular weight is 294 g/mol. The number of amides is 1. The largest absolute Gasteiger partial charge is 0.388 e. The zero-order valence-electron chi connectivity index (χ0n) is 12.7. The summed E-state index contributed by atoms with van der Waals surface area (Å²) in [6.45, 7) is 3.64. The average Bonchev–Trinajstić information content (AvgIpc) is 2.95. The van der Waals surface area contributed by atoms with Gasteiger partial charge in [-0.05, 0) is 31.6 Å². The third kappa shape index (κ3) is 4.28. The number of nitrogens with zero attached hydrogens (tertiary/aromatic N) is 2. The molecule has 21 heavy (non-hydrogen) atoms. The minimum atomic E-state index is -0.763. The molecule has 2 rings (SSSR count). The molecule has 118 valence electrons. The Bertz CT molecular complexity index is 464.